The van der Waals surface area contributed by atoms with E-state index < -0.39 is 5.97 Å². The highest BCUT2D eigenvalue weighted by atomic mass is 16.6. The first kappa shape index (κ1) is 14.5. The molecular weight excluding hydrogens is 248 g/mol. The minimum absolute atomic E-state index is 0.138. The van der Waals surface area contributed by atoms with Gasteiger partial charge in [0, 0.05) is 5.56 Å². The summed E-state index contributed by atoms with van der Waals surface area (Å²) in [6.07, 6.45) is 1.43. The molecule has 0 aromatic heterocycles. The monoisotopic (exact) mass is 264 g/mol. The van der Waals surface area contributed by atoms with E-state index in [9.17, 15) is 4.79 Å². The molecule has 0 aliphatic heterocycles. The molecule has 0 aliphatic carbocycles. The molecule has 1 aromatic carbocycles. The summed E-state index contributed by atoms with van der Waals surface area (Å²) < 4.78 is 10.1. The number of ether oxygens (including phenoxy) is 2. The van der Waals surface area contributed by atoms with Crippen LogP contribution in [0.5, 0.6) is 5.75 Å². The van der Waals surface area contributed by atoms with Crippen molar-refractivity contribution in [3.8, 4) is 5.75 Å². The highest BCUT2D eigenvalue weighted by Gasteiger charge is 2.05. The van der Waals surface area contributed by atoms with Crippen molar-refractivity contribution in [2.24, 2.45) is 21.7 Å². The van der Waals surface area contributed by atoms with Crippen LogP contribution in [0.2, 0.25) is 0 Å². The quantitative estimate of drug-likeness (QED) is 0.330. The van der Waals surface area contributed by atoms with E-state index in [-0.39, 0.29) is 12.6 Å². The molecule has 102 valence electrons. The summed E-state index contributed by atoms with van der Waals surface area (Å²) in [4.78, 5) is 11.2. The number of guanidine groups is 1. The zero-order valence-corrected chi connectivity index (χ0v) is 10.6. The fraction of sp³-hybridized carbons (Fsp3) is 0.250. The summed E-state index contributed by atoms with van der Waals surface area (Å²) in [6, 6.07) is 7.04. The first-order valence-electron chi connectivity index (χ1n) is 5.63. The molecule has 0 amide bonds. The van der Waals surface area contributed by atoms with Crippen molar-refractivity contribution in [2.45, 2.75) is 6.92 Å². The zero-order valence-electron chi connectivity index (χ0n) is 10.6. The second kappa shape index (κ2) is 7.70. The Hall–Kier alpha value is -2.57. The van der Waals surface area contributed by atoms with Gasteiger partial charge in [0.2, 0.25) is 5.96 Å². The number of benzene rings is 1. The molecule has 0 bridgehead atoms. The SMILES string of the molecule is CCOC(=O)COc1ccccc1C=NN=C(N)N. The first-order chi connectivity index (χ1) is 9.13. The van der Waals surface area contributed by atoms with Crippen LogP contribution in [0.1, 0.15) is 12.5 Å². The summed E-state index contributed by atoms with van der Waals surface area (Å²) in [5, 5.41) is 7.16. The van der Waals surface area contributed by atoms with Gasteiger partial charge in [0.1, 0.15) is 5.75 Å². The third kappa shape index (κ3) is 5.53. The van der Waals surface area contributed by atoms with Crippen LogP contribution in [-0.2, 0) is 9.53 Å². The molecule has 0 saturated heterocycles. The Balaban J connectivity index is 2.70. The minimum Gasteiger partial charge on any atom is -0.481 e. The number of para-hydroxylation sites is 1. The van der Waals surface area contributed by atoms with Gasteiger partial charge in [0.15, 0.2) is 6.61 Å². The Kier molecular flexibility index (Phi) is 5.87. The van der Waals surface area contributed by atoms with Crippen molar-refractivity contribution in [2.75, 3.05) is 13.2 Å². The van der Waals surface area contributed by atoms with Gasteiger partial charge in [0.25, 0.3) is 0 Å². The number of carbonyl (C=O) groups is 1. The summed E-state index contributed by atoms with van der Waals surface area (Å²) >= 11 is 0. The van der Waals surface area contributed by atoms with Crippen molar-refractivity contribution in [3.05, 3.63) is 29.8 Å². The lowest BCUT2D eigenvalue weighted by atomic mass is 10.2. The maximum atomic E-state index is 11.2. The summed E-state index contributed by atoms with van der Waals surface area (Å²) in [6.45, 7) is 1.88. The number of esters is 1. The van der Waals surface area contributed by atoms with Gasteiger partial charge in [-0.25, -0.2) is 4.79 Å². The van der Waals surface area contributed by atoms with Gasteiger partial charge in [-0.15, -0.1) is 5.10 Å². The van der Waals surface area contributed by atoms with E-state index in [1.807, 2.05) is 0 Å². The molecule has 0 saturated carbocycles. The Morgan fingerprint density at radius 2 is 2.11 bits per heavy atom. The maximum absolute atomic E-state index is 11.2. The molecule has 1 aromatic rings. The van der Waals surface area contributed by atoms with Gasteiger partial charge in [0.05, 0.1) is 12.8 Å². The van der Waals surface area contributed by atoms with E-state index >= 15 is 0 Å². The first-order valence-corrected chi connectivity index (χ1v) is 5.63. The van der Waals surface area contributed by atoms with Crippen LogP contribution in [0.15, 0.2) is 34.5 Å². The van der Waals surface area contributed by atoms with E-state index in [1.54, 1.807) is 31.2 Å². The summed E-state index contributed by atoms with van der Waals surface area (Å²) in [5.74, 6) is -0.0789. The molecule has 0 heterocycles. The topological polar surface area (TPSA) is 112 Å². The van der Waals surface area contributed by atoms with E-state index in [2.05, 4.69) is 10.2 Å². The smallest absolute Gasteiger partial charge is 0.344 e. The Morgan fingerprint density at radius 3 is 2.79 bits per heavy atom. The number of nitrogens with zero attached hydrogens (tertiary/aromatic N) is 2. The van der Waals surface area contributed by atoms with Crippen LogP contribution in [0.4, 0.5) is 0 Å². The predicted octanol–water partition coefficient (Wildman–Crippen LogP) is 0.236. The Bertz CT molecular complexity index is 482. The Morgan fingerprint density at radius 1 is 1.37 bits per heavy atom. The van der Waals surface area contributed by atoms with Gasteiger partial charge in [-0.3, -0.25) is 0 Å². The average molecular weight is 264 g/mol. The predicted molar refractivity (Wildman–Crippen MR) is 72.0 cm³/mol. The van der Waals surface area contributed by atoms with E-state index in [0.717, 1.165) is 0 Å². The average Bonchev–Trinajstić information content (AvgIpc) is 2.37. The fourth-order valence-electron chi connectivity index (χ4n) is 1.22. The van der Waals surface area contributed by atoms with E-state index in [1.165, 1.54) is 6.21 Å². The molecule has 0 radical (unpaired) electrons. The van der Waals surface area contributed by atoms with E-state index in [0.29, 0.717) is 17.9 Å². The van der Waals surface area contributed by atoms with Gasteiger partial charge < -0.3 is 20.9 Å². The van der Waals surface area contributed by atoms with E-state index in [4.69, 9.17) is 20.9 Å². The normalized spacial score (nSPS) is 10.2. The lowest BCUT2D eigenvalue weighted by Gasteiger charge is -2.07. The molecule has 4 N–H and O–H groups in total. The van der Waals surface area contributed by atoms with Crippen LogP contribution in [0.25, 0.3) is 0 Å². The molecule has 19 heavy (non-hydrogen) atoms. The van der Waals surface area contributed by atoms with Gasteiger partial charge in [-0.1, -0.05) is 12.1 Å². The lowest BCUT2D eigenvalue weighted by molar-refractivity contribution is -0.145. The summed E-state index contributed by atoms with van der Waals surface area (Å²) in [5.41, 5.74) is 10.9. The molecule has 7 nitrogen and oxygen atoms in total. The number of hydrogen-bond donors (Lipinski definition) is 2. The van der Waals surface area contributed by atoms with Crippen LogP contribution in [0, 0.1) is 0 Å². The third-order valence-corrected chi connectivity index (χ3v) is 1.94. The van der Waals surface area contributed by atoms with Crippen LogP contribution >= 0.6 is 0 Å². The molecule has 7 heteroatoms. The maximum Gasteiger partial charge on any atom is 0.344 e. The van der Waals surface area contributed by atoms with Crippen molar-refractivity contribution >= 4 is 18.1 Å². The van der Waals surface area contributed by atoms with Gasteiger partial charge in [-0.2, -0.15) is 5.10 Å². The lowest BCUT2D eigenvalue weighted by Crippen LogP contribution is -2.21. The van der Waals surface area contributed by atoms with Crippen LogP contribution < -0.4 is 16.2 Å². The number of nitrogens with two attached hydrogens (primary N) is 2. The highest BCUT2D eigenvalue weighted by molar-refractivity contribution is 5.84. The molecule has 0 aliphatic rings. The molecule has 0 unspecified atom stereocenters. The molecule has 0 spiro atoms. The Labute approximate surface area is 110 Å². The van der Waals surface area contributed by atoms with Gasteiger partial charge in [-0.05, 0) is 19.1 Å². The number of carbonyl (C=O) groups excluding carboxylic acids is 1. The molecule has 0 fully saturated rings. The van der Waals surface area contributed by atoms with Crippen molar-refractivity contribution in [3.63, 3.8) is 0 Å². The van der Waals surface area contributed by atoms with Gasteiger partial charge >= 0.3 is 5.97 Å². The largest absolute Gasteiger partial charge is 0.481 e. The second-order valence-electron chi connectivity index (χ2n) is 3.40. The van der Waals surface area contributed by atoms with Crippen LogP contribution in [-0.4, -0.2) is 31.4 Å². The van der Waals surface area contributed by atoms with Crippen LogP contribution in [0.3, 0.4) is 0 Å². The highest BCUT2D eigenvalue weighted by Crippen LogP contribution is 2.15. The second-order valence-corrected chi connectivity index (χ2v) is 3.40. The van der Waals surface area contributed by atoms with Crippen molar-refractivity contribution in [1.29, 1.82) is 0 Å². The standard InChI is InChI=1S/C12H16N4O3/c1-2-18-11(17)8-19-10-6-4-3-5-9(10)7-15-16-12(13)14/h3-7H,2,8H2,1H3,(H4,13,14,16). The third-order valence-electron chi connectivity index (χ3n) is 1.94. The molecule has 1 rings (SSSR count). The number of hydrogen-bond acceptors (Lipinski definition) is 5. The fourth-order valence-corrected chi connectivity index (χ4v) is 1.22. The van der Waals surface area contributed by atoms with Crippen molar-refractivity contribution in [1.82, 2.24) is 0 Å². The summed E-state index contributed by atoms with van der Waals surface area (Å²) in [7, 11) is 0. The zero-order chi connectivity index (χ0) is 14.1. The van der Waals surface area contributed by atoms with Crippen molar-refractivity contribution < 1.29 is 14.3 Å². The minimum atomic E-state index is -0.432. The molecular formula is C12H16N4O3. The number of rotatable bonds is 6. The molecule has 0 atom stereocenters.